The Balaban J connectivity index is 2.07. The van der Waals surface area contributed by atoms with Crippen LogP contribution in [0, 0.1) is 0 Å². The quantitative estimate of drug-likeness (QED) is 0.775. The van der Waals surface area contributed by atoms with E-state index in [2.05, 4.69) is 20.2 Å². The summed E-state index contributed by atoms with van der Waals surface area (Å²) < 4.78 is 0. The zero-order valence-corrected chi connectivity index (χ0v) is 9.98. The first-order valence-electron chi connectivity index (χ1n) is 5.66. The molecule has 0 aliphatic carbocycles. The summed E-state index contributed by atoms with van der Waals surface area (Å²) in [5, 5.41) is 3.35. The van der Waals surface area contributed by atoms with Gasteiger partial charge in [0.25, 0.3) is 0 Å². The van der Waals surface area contributed by atoms with Crippen LogP contribution in [0.25, 0.3) is 0 Å². The van der Waals surface area contributed by atoms with Crippen molar-refractivity contribution in [2.24, 2.45) is 0 Å². The van der Waals surface area contributed by atoms with Crippen LogP contribution in [-0.2, 0) is 6.54 Å². The van der Waals surface area contributed by atoms with Gasteiger partial charge >= 0.3 is 0 Å². The van der Waals surface area contributed by atoms with Gasteiger partial charge < -0.3 is 10.2 Å². The van der Waals surface area contributed by atoms with Gasteiger partial charge in [-0.2, -0.15) is 0 Å². The van der Waals surface area contributed by atoms with Crippen molar-refractivity contribution in [1.82, 2.24) is 20.2 Å². The van der Waals surface area contributed by atoms with E-state index in [-0.39, 0.29) is 0 Å². The van der Waals surface area contributed by atoms with Gasteiger partial charge in [-0.25, -0.2) is 9.97 Å². The molecule has 1 saturated heterocycles. The zero-order valence-electron chi connectivity index (χ0n) is 9.98. The lowest BCUT2D eigenvalue weighted by Crippen LogP contribution is -2.43. The van der Waals surface area contributed by atoms with Crippen LogP contribution < -0.4 is 10.2 Å². The average molecular weight is 221 g/mol. The fraction of sp³-hybridized carbons (Fsp3) is 0.636. The molecule has 0 unspecified atom stereocenters. The molecular formula is C11H19N5. The number of rotatable bonds is 3. The molecule has 0 amide bonds. The van der Waals surface area contributed by atoms with Gasteiger partial charge in [-0.05, 0) is 0 Å². The highest BCUT2D eigenvalue weighted by Crippen LogP contribution is 2.15. The van der Waals surface area contributed by atoms with Crippen molar-refractivity contribution in [3.8, 4) is 0 Å². The smallest absolute Gasteiger partial charge is 0.135 e. The number of nitrogens with one attached hydrogen (secondary N) is 1. The molecule has 16 heavy (non-hydrogen) atoms. The van der Waals surface area contributed by atoms with Crippen molar-refractivity contribution in [2.75, 3.05) is 45.2 Å². The van der Waals surface area contributed by atoms with Crippen LogP contribution in [0.4, 0.5) is 5.82 Å². The topological polar surface area (TPSA) is 44.3 Å². The van der Waals surface area contributed by atoms with Gasteiger partial charge in [0.2, 0.25) is 0 Å². The molecule has 0 saturated carbocycles. The van der Waals surface area contributed by atoms with Crippen LogP contribution in [0.15, 0.2) is 12.5 Å². The van der Waals surface area contributed by atoms with E-state index in [1.165, 1.54) is 5.56 Å². The molecule has 1 aromatic heterocycles. The Bertz CT molecular complexity index is 333. The standard InChI is InChI=1S/C11H19N5/c1-15(2)11-10(7-13-9-14-11)8-16-5-3-12-4-6-16/h7,9,12H,3-6,8H2,1-2H3. The molecule has 0 aromatic carbocycles. The van der Waals surface area contributed by atoms with Crippen LogP contribution in [0.1, 0.15) is 5.56 Å². The Morgan fingerprint density at radius 1 is 1.38 bits per heavy atom. The molecule has 5 heteroatoms. The van der Waals surface area contributed by atoms with Gasteiger partial charge in [0.1, 0.15) is 12.1 Å². The Kier molecular flexibility index (Phi) is 3.69. The Morgan fingerprint density at radius 3 is 2.81 bits per heavy atom. The zero-order chi connectivity index (χ0) is 11.4. The number of aromatic nitrogens is 2. The molecule has 5 nitrogen and oxygen atoms in total. The molecule has 2 rings (SSSR count). The van der Waals surface area contributed by atoms with Crippen molar-refractivity contribution in [3.05, 3.63) is 18.1 Å². The van der Waals surface area contributed by atoms with Gasteiger partial charge in [-0.3, -0.25) is 4.90 Å². The first-order valence-corrected chi connectivity index (χ1v) is 5.66. The minimum absolute atomic E-state index is 0.941. The number of piperazine rings is 1. The molecule has 1 aliphatic rings. The van der Waals surface area contributed by atoms with Gasteiger partial charge in [-0.15, -0.1) is 0 Å². The monoisotopic (exact) mass is 221 g/mol. The molecule has 0 atom stereocenters. The summed E-state index contributed by atoms with van der Waals surface area (Å²) in [6.45, 7) is 5.29. The largest absolute Gasteiger partial charge is 0.362 e. The number of anilines is 1. The summed E-state index contributed by atoms with van der Waals surface area (Å²) in [4.78, 5) is 12.9. The summed E-state index contributed by atoms with van der Waals surface area (Å²) in [6.07, 6.45) is 3.53. The fourth-order valence-electron chi connectivity index (χ4n) is 1.98. The first-order chi connectivity index (χ1) is 7.77. The third-order valence-electron chi connectivity index (χ3n) is 2.79. The SMILES string of the molecule is CN(C)c1ncncc1CN1CCNCC1. The molecule has 1 aromatic rings. The van der Waals surface area contributed by atoms with Crippen molar-refractivity contribution >= 4 is 5.82 Å². The van der Waals surface area contributed by atoms with E-state index < -0.39 is 0 Å². The first kappa shape index (κ1) is 11.3. The third kappa shape index (κ3) is 2.68. The molecule has 88 valence electrons. The van der Waals surface area contributed by atoms with Crippen LogP contribution in [0.3, 0.4) is 0 Å². The summed E-state index contributed by atoms with van der Waals surface area (Å²) in [5.41, 5.74) is 1.20. The average Bonchev–Trinajstić information content (AvgIpc) is 2.31. The van der Waals surface area contributed by atoms with Crippen LogP contribution in [0.5, 0.6) is 0 Å². The fourth-order valence-corrected chi connectivity index (χ4v) is 1.98. The summed E-state index contributed by atoms with van der Waals surface area (Å²) in [6, 6.07) is 0. The molecule has 1 aliphatic heterocycles. The lowest BCUT2D eigenvalue weighted by atomic mass is 10.2. The van der Waals surface area contributed by atoms with Crippen LogP contribution in [-0.4, -0.2) is 55.1 Å². The third-order valence-corrected chi connectivity index (χ3v) is 2.79. The van der Waals surface area contributed by atoms with Crippen molar-refractivity contribution in [3.63, 3.8) is 0 Å². The molecule has 1 fully saturated rings. The highest BCUT2D eigenvalue weighted by atomic mass is 15.2. The van der Waals surface area contributed by atoms with E-state index in [1.54, 1.807) is 6.33 Å². The van der Waals surface area contributed by atoms with Crippen LogP contribution in [0.2, 0.25) is 0 Å². The second-order valence-electron chi connectivity index (χ2n) is 4.29. The van der Waals surface area contributed by atoms with Gasteiger partial charge in [0.15, 0.2) is 0 Å². The maximum atomic E-state index is 4.32. The van der Waals surface area contributed by atoms with Gasteiger partial charge in [0, 0.05) is 58.6 Å². The molecule has 0 bridgehead atoms. The van der Waals surface area contributed by atoms with E-state index in [9.17, 15) is 0 Å². The molecule has 1 N–H and O–H groups in total. The lowest BCUT2D eigenvalue weighted by molar-refractivity contribution is 0.233. The lowest BCUT2D eigenvalue weighted by Gasteiger charge is -2.28. The van der Waals surface area contributed by atoms with E-state index in [0.29, 0.717) is 0 Å². The van der Waals surface area contributed by atoms with Crippen molar-refractivity contribution in [2.45, 2.75) is 6.54 Å². The van der Waals surface area contributed by atoms with E-state index >= 15 is 0 Å². The van der Waals surface area contributed by atoms with Crippen molar-refractivity contribution < 1.29 is 0 Å². The predicted molar refractivity (Wildman–Crippen MR) is 64.5 cm³/mol. The maximum Gasteiger partial charge on any atom is 0.135 e. The molecule has 0 spiro atoms. The van der Waals surface area contributed by atoms with E-state index in [0.717, 1.165) is 38.5 Å². The summed E-state index contributed by atoms with van der Waals surface area (Å²) in [7, 11) is 4.03. The predicted octanol–water partition coefficient (Wildman–Crippen LogP) is -0.0522. The molecule has 0 radical (unpaired) electrons. The van der Waals surface area contributed by atoms with Crippen LogP contribution >= 0.6 is 0 Å². The number of nitrogens with zero attached hydrogens (tertiary/aromatic N) is 4. The minimum atomic E-state index is 0.941. The Hall–Kier alpha value is -1.20. The minimum Gasteiger partial charge on any atom is -0.362 e. The van der Waals surface area contributed by atoms with Gasteiger partial charge in [0.05, 0.1) is 0 Å². The number of hydrogen-bond donors (Lipinski definition) is 1. The van der Waals surface area contributed by atoms with Gasteiger partial charge in [-0.1, -0.05) is 0 Å². The summed E-state index contributed by atoms with van der Waals surface area (Å²) >= 11 is 0. The molecule has 2 heterocycles. The van der Waals surface area contributed by atoms with E-state index in [1.807, 2.05) is 25.2 Å². The second-order valence-corrected chi connectivity index (χ2v) is 4.29. The second kappa shape index (κ2) is 5.23. The van der Waals surface area contributed by atoms with Crippen molar-refractivity contribution in [1.29, 1.82) is 0 Å². The Morgan fingerprint density at radius 2 is 2.12 bits per heavy atom. The Labute approximate surface area is 96.5 Å². The highest BCUT2D eigenvalue weighted by Gasteiger charge is 2.13. The summed E-state index contributed by atoms with van der Waals surface area (Å²) in [5.74, 6) is 1.02. The number of hydrogen-bond acceptors (Lipinski definition) is 5. The maximum absolute atomic E-state index is 4.32. The van der Waals surface area contributed by atoms with E-state index in [4.69, 9.17) is 0 Å². The molecular weight excluding hydrogens is 202 g/mol. The normalized spacial score (nSPS) is 17.4. The highest BCUT2D eigenvalue weighted by molar-refractivity contribution is 5.43.